The monoisotopic (exact) mass is 335 g/mol. The predicted molar refractivity (Wildman–Crippen MR) is 86.5 cm³/mol. The second kappa shape index (κ2) is 8.29. The maximum absolute atomic E-state index is 12.5. The summed E-state index contributed by atoms with van der Waals surface area (Å²) in [6.07, 6.45) is 0. The van der Waals surface area contributed by atoms with Gasteiger partial charge in [0.1, 0.15) is 11.5 Å². The molecular weight excluding hydrogens is 316 g/mol. The molecule has 1 amide bonds. The van der Waals surface area contributed by atoms with Gasteiger partial charge < -0.3 is 14.4 Å². The molecule has 0 spiro atoms. The van der Waals surface area contributed by atoms with E-state index >= 15 is 0 Å². The van der Waals surface area contributed by atoms with Gasteiger partial charge in [0.15, 0.2) is 0 Å². The lowest BCUT2D eigenvalue weighted by molar-refractivity contribution is -0.0498. The van der Waals surface area contributed by atoms with Crippen molar-refractivity contribution in [3.05, 3.63) is 59.7 Å². The fourth-order valence-electron chi connectivity index (χ4n) is 2.24. The fourth-order valence-corrected chi connectivity index (χ4v) is 2.24. The zero-order chi connectivity index (χ0) is 17.5. The number of halogens is 2. The smallest absolute Gasteiger partial charge is 0.387 e. The van der Waals surface area contributed by atoms with Crippen LogP contribution in [-0.2, 0) is 6.54 Å². The van der Waals surface area contributed by atoms with Gasteiger partial charge in [0, 0.05) is 18.7 Å². The summed E-state index contributed by atoms with van der Waals surface area (Å²) < 4.78 is 33.7. The third kappa shape index (κ3) is 4.68. The summed E-state index contributed by atoms with van der Waals surface area (Å²) in [5.41, 5.74) is 1.40. The lowest BCUT2D eigenvalue weighted by Gasteiger charge is -2.21. The number of carbonyl (C=O) groups is 1. The van der Waals surface area contributed by atoms with Gasteiger partial charge >= 0.3 is 6.61 Å². The van der Waals surface area contributed by atoms with E-state index in [0.717, 1.165) is 11.3 Å². The van der Waals surface area contributed by atoms with E-state index in [1.54, 1.807) is 12.0 Å². The zero-order valence-corrected chi connectivity index (χ0v) is 13.5. The Morgan fingerprint density at radius 2 is 1.62 bits per heavy atom. The molecule has 0 radical (unpaired) electrons. The summed E-state index contributed by atoms with van der Waals surface area (Å²) in [6.45, 7) is -0.0152. The van der Waals surface area contributed by atoms with E-state index in [0.29, 0.717) is 18.7 Å². The summed E-state index contributed by atoms with van der Waals surface area (Å²) in [6, 6.07) is 13.2. The molecule has 128 valence electrons. The van der Waals surface area contributed by atoms with Crippen molar-refractivity contribution < 1.29 is 23.0 Å². The Hall–Kier alpha value is -2.63. The van der Waals surface area contributed by atoms with Crippen LogP contribution in [0.25, 0.3) is 0 Å². The Morgan fingerprint density at radius 3 is 2.12 bits per heavy atom. The first-order valence-corrected chi connectivity index (χ1v) is 7.50. The molecule has 6 heteroatoms. The van der Waals surface area contributed by atoms with Crippen LogP contribution in [-0.4, -0.2) is 31.1 Å². The van der Waals surface area contributed by atoms with Crippen LogP contribution in [0.4, 0.5) is 8.78 Å². The van der Waals surface area contributed by atoms with Crippen LogP contribution in [0.2, 0.25) is 0 Å². The van der Waals surface area contributed by atoms with Crippen molar-refractivity contribution in [1.82, 2.24) is 4.90 Å². The van der Waals surface area contributed by atoms with Crippen LogP contribution in [0.15, 0.2) is 48.5 Å². The number of hydrogen-bond acceptors (Lipinski definition) is 3. The topological polar surface area (TPSA) is 38.8 Å². The Balaban J connectivity index is 2.07. The van der Waals surface area contributed by atoms with Gasteiger partial charge in [-0.05, 0) is 48.9 Å². The van der Waals surface area contributed by atoms with Crippen molar-refractivity contribution in [3.63, 3.8) is 0 Å². The number of benzene rings is 2. The van der Waals surface area contributed by atoms with Crippen molar-refractivity contribution in [3.8, 4) is 11.5 Å². The van der Waals surface area contributed by atoms with Gasteiger partial charge in [-0.3, -0.25) is 4.79 Å². The van der Waals surface area contributed by atoms with E-state index in [-0.39, 0.29) is 11.7 Å². The highest BCUT2D eigenvalue weighted by Gasteiger charge is 2.15. The number of hydrogen-bond donors (Lipinski definition) is 0. The Bertz CT molecular complexity index is 657. The van der Waals surface area contributed by atoms with Gasteiger partial charge in [0.25, 0.3) is 5.91 Å². The summed E-state index contributed by atoms with van der Waals surface area (Å²) >= 11 is 0. The SMILES string of the molecule is CCN(Cc1ccc(OC)cc1)C(=O)c1ccc(OC(F)F)cc1. The maximum atomic E-state index is 12.5. The number of amides is 1. The quantitative estimate of drug-likeness (QED) is 0.769. The first-order chi connectivity index (χ1) is 11.5. The first kappa shape index (κ1) is 17.7. The van der Waals surface area contributed by atoms with Crippen LogP contribution >= 0.6 is 0 Å². The van der Waals surface area contributed by atoms with Gasteiger partial charge in [0.05, 0.1) is 7.11 Å². The summed E-state index contributed by atoms with van der Waals surface area (Å²) in [7, 11) is 1.60. The molecule has 0 bridgehead atoms. The Morgan fingerprint density at radius 1 is 1.04 bits per heavy atom. The molecule has 24 heavy (non-hydrogen) atoms. The summed E-state index contributed by atoms with van der Waals surface area (Å²) in [5, 5.41) is 0. The molecule has 0 fully saturated rings. The molecule has 0 aliphatic carbocycles. The Kier molecular flexibility index (Phi) is 6.12. The molecule has 2 aromatic carbocycles. The third-order valence-corrected chi connectivity index (χ3v) is 3.53. The van der Waals surface area contributed by atoms with E-state index < -0.39 is 6.61 Å². The minimum atomic E-state index is -2.88. The van der Waals surface area contributed by atoms with Crippen LogP contribution in [0, 0.1) is 0 Å². The fraction of sp³-hybridized carbons (Fsp3) is 0.278. The van der Waals surface area contributed by atoms with E-state index in [9.17, 15) is 13.6 Å². The van der Waals surface area contributed by atoms with Crippen LogP contribution < -0.4 is 9.47 Å². The molecule has 0 N–H and O–H groups in total. The van der Waals surface area contributed by atoms with Gasteiger partial charge in [-0.15, -0.1) is 0 Å². The number of ether oxygens (including phenoxy) is 2. The first-order valence-electron chi connectivity index (χ1n) is 7.50. The number of rotatable bonds is 7. The molecule has 0 heterocycles. The van der Waals surface area contributed by atoms with Crippen molar-refractivity contribution >= 4 is 5.91 Å². The molecule has 4 nitrogen and oxygen atoms in total. The van der Waals surface area contributed by atoms with Crippen LogP contribution in [0.3, 0.4) is 0 Å². The average Bonchev–Trinajstić information content (AvgIpc) is 2.60. The molecule has 2 rings (SSSR count). The number of methoxy groups -OCH3 is 1. The molecular formula is C18H19F2NO3. The molecule has 0 aromatic heterocycles. The standard InChI is InChI=1S/C18H19F2NO3/c1-3-21(12-13-4-8-15(23-2)9-5-13)17(22)14-6-10-16(11-7-14)24-18(19)20/h4-11,18H,3,12H2,1-2H3. The van der Waals surface area contributed by atoms with Crippen molar-refractivity contribution in [1.29, 1.82) is 0 Å². The molecule has 0 saturated carbocycles. The molecule has 0 unspecified atom stereocenters. The highest BCUT2D eigenvalue weighted by molar-refractivity contribution is 5.94. The highest BCUT2D eigenvalue weighted by Crippen LogP contribution is 2.18. The minimum Gasteiger partial charge on any atom is -0.497 e. The van der Waals surface area contributed by atoms with Gasteiger partial charge in [-0.1, -0.05) is 12.1 Å². The summed E-state index contributed by atoms with van der Waals surface area (Å²) in [5.74, 6) is 0.611. The summed E-state index contributed by atoms with van der Waals surface area (Å²) in [4.78, 5) is 14.2. The number of alkyl halides is 2. The van der Waals surface area contributed by atoms with Gasteiger partial charge in [-0.2, -0.15) is 8.78 Å². The van der Waals surface area contributed by atoms with E-state index in [1.165, 1.54) is 24.3 Å². The van der Waals surface area contributed by atoms with Gasteiger partial charge in [0.2, 0.25) is 0 Å². The average molecular weight is 335 g/mol. The van der Waals surface area contributed by atoms with E-state index in [4.69, 9.17) is 4.74 Å². The van der Waals surface area contributed by atoms with Crippen molar-refractivity contribution in [2.45, 2.75) is 20.1 Å². The third-order valence-electron chi connectivity index (χ3n) is 3.53. The minimum absolute atomic E-state index is 0.0275. The predicted octanol–water partition coefficient (Wildman–Crippen LogP) is 3.96. The molecule has 0 aliphatic heterocycles. The Labute approximate surface area is 139 Å². The second-order valence-corrected chi connectivity index (χ2v) is 5.07. The molecule has 0 saturated heterocycles. The van der Waals surface area contributed by atoms with Crippen LogP contribution in [0.5, 0.6) is 11.5 Å². The van der Waals surface area contributed by atoms with E-state index in [2.05, 4.69) is 4.74 Å². The second-order valence-electron chi connectivity index (χ2n) is 5.07. The maximum Gasteiger partial charge on any atom is 0.387 e. The number of nitrogens with zero attached hydrogens (tertiary/aromatic N) is 1. The normalized spacial score (nSPS) is 10.5. The zero-order valence-electron chi connectivity index (χ0n) is 13.5. The molecule has 0 atom stereocenters. The lowest BCUT2D eigenvalue weighted by Crippen LogP contribution is -2.30. The van der Waals surface area contributed by atoms with Gasteiger partial charge in [-0.25, -0.2) is 0 Å². The highest BCUT2D eigenvalue weighted by atomic mass is 19.3. The largest absolute Gasteiger partial charge is 0.497 e. The molecule has 2 aromatic rings. The lowest BCUT2D eigenvalue weighted by atomic mass is 10.1. The van der Waals surface area contributed by atoms with Crippen LogP contribution in [0.1, 0.15) is 22.8 Å². The van der Waals surface area contributed by atoms with Crippen molar-refractivity contribution in [2.24, 2.45) is 0 Å². The molecule has 0 aliphatic rings. The van der Waals surface area contributed by atoms with E-state index in [1.807, 2.05) is 31.2 Å². The number of carbonyl (C=O) groups excluding carboxylic acids is 1. The van der Waals surface area contributed by atoms with Crippen molar-refractivity contribution in [2.75, 3.05) is 13.7 Å².